The lowest BCUT2D eigenvalue weighted by molar-refractivity contribution is -0.131. The zero-order valence-corrected chi connectivity index (χ0v) is 17.7. The van der Waals surface area contributed by atoms with Crippen molar-refractivity contribution in [3.05, 3.63) is 65.7 Å². The summed E-state index contributed by atoms with van der Waals surface area (Å²) in [5, 5.41) is 2.74. The van der Waals surface area contributed by atoms with Crippen LogP contribution in [0.15, 0.2) is 54.6 Å². The molecule has 3 N–H and O–H groups in total. The highest BCUT2D eigenvalue weighted by molar-refractivity contribution is 5.86. The van der Waals surface area contributed by atoms with E-state index in [4.69, 9.17) is 4.74 Å². The number of hydrogen-bond donors (Lipinski definition) is 3. The Labute approximate surface area is 177 Å². The minimum absolute atomic E-state index is 0.0317. The molecule has 160 valence electrons. The fourth-order valence-electron chi connectivity index (χ4n) is 2.55. The quantitative estimate of drug-likeness (QED) is 0.582. The maximum Gasteiger partial charge on any atom is 0.276 e. The fraction of sp³-hybridized carbons (Fsp3) is 0.348. The van der Waals surface area contributed by atoms with Gasteiger partial charge in [0.05, 0.1) is 0 Å². The summed E-state index contributed by atoms with van der Waals surface area (Å²) in [6.07, 6.45) is 0.00118. The molecule has 2 rings (SSSR count). The van der Waals surface area contributed by atoms with Crippen LogP contribution in [0.4, 0.5) is 0 Å². The number of hydrazine groups is 1. The molecular formula is C23H29N3O4. The second kappa shape index (κ2) is 11.0. The van der Waals surface area contributed by atoms with Gasteiger partial charge in [0, 0.05) is 19.4 Å². The molecule has 7 nitrogen and oxygen atoms in total. The standard InChI is InChI=1S/C23H29N3O4/c1-23(2,3)18-9-11-19(12-10-18)30-16-22(29)26-25-21(28)14-13-20(27)24-15-17-7-5-4-6-8-17/h4-12H,13-16H2,1-3H3,(H,24,27)(H,25,28)(H,26,29). The number of hydrogen-bond acceptors (Lipinski definition) is 4. The van der Waals surface area contributed by atoms with Crippen LogP contribution >= 0.6 is 0 Å². The van der Waals surface area contributed by atoms with Crippen molar-refractivity contribution in [2.45, 2.75) is 45.6 Å². The first kappa shape index (κ1) is 22.9. The smallest absolute Gasteiger partial charge is 0.276 e. The van der Waals surface area contributed by atoms with Gasteiger partial charge >= 0.3 is 0 Å². The van der Waals surface area contributed by atoms with Gasteiger partial charge in [0.25, 0.3) is 5.91 Å². The number of amides is 3. The number of benzene rings is 2. The summed E-state index contributed by atoms with van der Waals surface area (Å²) in [5.41, 5.74) is 6.74. The fourth-order valence-corrected chi connectivity index (χ4v) is 2.55. The second-order valence-corrected chi connectivity index (χ2v) is 7.92. The topological polar surface area (TPSA) is 96.5 Å². The molecule has 2 aromatic rings. The SMILES string of the molecule is CC(C)(C)c1ccc(OCC(=O)NNC(=O)CCC(=O)NCc2ccccc2)cc1. The van der Waals surface area contributed by atoms with E-state index < -0.39 is 11.8 Å². The van der Waals surface area contributed by atoms with Crippen LogP contribution in [0.3, 0.4) is 0 Å². The molecule has 0 bridgehead atoms. The molecule has 3 amide bonds. The van der Waals surface area contributed by atoms with Crippen molar-refractivity contribution in [3.8, 4) is 5.75 Å². The van der Waals surface area contributed by atoms with Crippen LogP contribution in [0.1, 0.15) is 44.7 Å². The monoisotopic (exact) mass is 411 g/mol. The van der Waals surface area contributed by atoms with Crippen molar-refractivity contribution in [2.24, 2.45) is 0 Å². The Kier molecular flexibility index (Phi) is 8.41. The van der Waals surface area contributed by atoms with Gasteiger partial charge < -0.3 is 10.1 Å². The molecular weight excluding hydrogens is 382 g/mol. The molecule has 0 spiro atoms. The minimum Gasteiger partial charge on any atom is -0.484 e. The van der Waals surface area contributed by atoms with Gasteiger partial charge in [-0.1, -0.05) is 63.2 Å². The lowest BCUT2D eigenvalue weighted by Gasteiger charge is -2.19. The average Bonchev–Trinajstić information content (AvgIpc) is 2.73. The Morgan fingerprint density at radius 3 is 2.03 bits per heavy atom. The minimum atomic E-state index is -0.489. The predicted octanol–water partition coefficient (Wildman–Crippen LogP) is 2.61. The summed E-state index contributed by atoms with van der Waals surface area (Å²) in [7, 11) is 0. The van der Waals surface area contributed by atoms with E-state index in [1.54, 1.807) is 12.1 Å². The molecule has 0 aliphatic carbocycles. The van der Waals surface area contributed by atoms with E-state index >= 15 is 0 Å². The van der Waals surface area contributed by atoms with Crippen molar-refractivity contribution in [1.82, 2.24) is 16.2 Å². The lowest BCUT2D eigenvalue weighted by atomic mass is 9.87. The maximum atomic E-state index is 11.8. The molecule has 0 radical (unpaired) electrons. The van der Waals surface area contributed by atoms with E-state index in [2.05, 4.69) is 36.9 Å². The third-order valence-electron chi connectivity index (χ3n) is 4.34. The van der Waals surface area contributed by atoms with Crippen LogP contribution in [0, 0.1) is 0 Å². The van der Waals surface area contributed by atoms with Gasteiger partial charge in [-0.25, -0.2) is 0 Å². The van der Waals surface area contributed by atoms with Gasteiger partial charge in [-0.2, -0.15) is 0 Å². The highest BCUT2D eigenvalue weighted by atomic mass is 16.5. The zero-order valence-electron chi connectivity index (χ0n) is 17.7. The first-order valence-electron chi connectivity index (χ1n) is 9.85. The maximum absolute atomic E-state index is 11.8. The molecule has 0 fully saturated rings. The second-order valence-electron chi connectivity index (χ2n) is 7.92. The Morgan fingerprint density at radius 1 is 0.800 bits per heavy atom. The Morgan fingerprint density at radius 2 is 1.40 bits per heavy atom. The highest BCUT2D eigenvalue weighted by Crippen LogP contribution is 2.24. The van der Waals surface area contributed by atoms with Gasteiger partial charge in [0.2, 0.25) is 11.8 Å². The molecule has 0 saturated heterocycles. The van der Waals surface area contributed by atoms with Gasteiger partial charge in [-0.3, -0.25) is 25.2 Å². The largest absolute Gasteiger partial charge is 0.484 e. The molecule has 0 aliphatic heterocycles. The summed E-state index contributed by atoms with van der Waals surface area (Å²) in [6.45, 7) is 6.53. The third-order valence-corrected chi connectivity index (χ3v) is 4.34. The zero-order chi connectivity index (χ0) is 22.0. The highest BCUT2D eigenvalue weighted by Gasteiger charge is 2.13. The normalized spacial score (nSPS) is 10.8. The van der Waals surface area contributed by atoms with E-state index in [0.717, 1.165) is 5.56 Å². The van der Waals surface area contributed by atoms with Crippen LogP contribution in [0.2, 0.25) is 0 Å². The number of nitrogens with one attached hydrogen (secondary N) is 3. The molecule has 0 aromatic heterocycles. The summed E-state index contributed by atoms with van der Waals surface area (Å²) in [6, 6.07) is 17.0. The number of carbonyl (C=O) groups excluding carboxylic acids is 3. The Bertz CT molecular complexity index is 843. The first-order valence-corrected chi connectivity index (χ1v) is 9.85. The number of carbonyl (C=O) groups is 3. The summed E-state index contributed by atoms with van der Waals surface area (Å²) >= 11 is 0. The van der Waals surface area contributed by atoms with E-state index in [1.807, 2.05) is 42.5 Å². The van der Waals surface area contributed by atoms with Crippen LogP contribution < -0.4 is 20.9 Å². The van der Waals surface area contributed by atoms with E-state index in [0.29, 0.717) is 12.3 Å². The number of ether oxygens (including phenoxy) is 1. The third kappa shape index (κ3) is 8.34. The van der Waals surface area contributed by atoms with E-state index in [1.165, 1.54) is 5.56 Å². The molecule has 0 saturated carbocycles. The first-order chi connectivity index (χ1) is 14.2. The van der Waals surface area contributed by atoms with Crippen LogP contribution in [-0.4, -0.2) is 24.3 Å². The molecule has 30 heavy (non-hydrogen) atoms. The molecule has 2 aromatic carbocycles. The molecule has 0 aliphatic rings. The molecule has 7 heteroatoms. The average molecular weight is 412 g/mol. The van der Waals surface area contributed by atoms with Crippen molar-refractivity contribution < 1.29 is 19.1 Å². The number of rotatable bonds is 8. The van der Waals surface area contributed by atoms with E-state index in [-0.39, 0.29) is 30.8 Å². The summed E-state index contributed by atoms with van der Waals surface area (Å²) in [4.78, 5) is 35.4. The predicted molar refractivity (Wildman–Crippen MR) is 114 cm³/mol. The van der Waals surface area contributed by atoms with E-state index in [9.17, 15) is 14.4 Å². The van der Waals surface area contributed by atoms with Crippen LogP contribution in [0.25, 0.3) is 0 Å². The lowest BCUT2D eigenvalue weighted by Crippen LogP contribution is -2.44. The van der Waals surface area contributed by atoms with Crippen molar-refractivity contribution >= 4 is 17.7 Å². The van der Waals surface area contributed by atoms with Gasteiger partial charge in [-0.05, 0) is 28.7 Å². The Hall–Kier alpha value is -3.35. The van der Waals surface area contributed by atoms with Gasteiger partial charge in [0.15, 0.2) is 6.61 Å². The van der Waals surface area contributed by atoms with Crippen molar-refractivity contribution in [2.75, 3.05) is 6.61 Å². The van der Waals surface area contributed by atoms with Crippen molar-refractivity contribution in [1.29, 1.82) is 0 Å². The van der Waals surface area contributed by atoms with Crippen LogP contribution in [0.5, 0.6) is 5.75 Å². The molecule has 0 unspecified atom stereocenters. The summed E-state index contributed by atoms with van der Waals surface area (Å²) in [5.74, 6) is -0.605. The van der Waals surface area contributed by atoms with Crippen LogP contribution in [-0.2, 0) is 26.3 Å². The van der Waals surface area contributed by atoms with Gasteiger partial charge in [-0.15, -0.1) is 0 Å². The van der Waals surface area contributed by atoms with Crippen molar-refractivity contribution in [3.63, 3.8) is 0 Å². The summed E-state index contributed by atoms with van der Waals surface area (Å²) < 4.78 is 5.41. The van der Waals surface area contributed by atoms with Gasteiger partial charge in [0.1, 0.15) is 5.75 Å². The molecule has 0 heterocycles. The Balaban J connectivity index is 1.61. The molecule has 0 atom stereocenters.